The van der Waals surface area contributed by atoms with Gasteiger partial charge in [0, 0.05) is 44.6 Å². The molecule has 1 saturated heterocycles. The molecule has 2 atom stereocenters. The Labute approximate surface area is 198 Å². The van der Waals surface area contributed by atoms with Crippen molar-refractivity contribution in [2.75, 3.05) is 19.6 Å². The van der Waals surface area contributed by atoms with Crippen LogP contribution < -0.4 is 10.0 Å². The summed E-state index contributed by atoms with van der Waals surface area (Å²) in [5.74, 6) is 1.30. The summed E-state index contributed by atoms with van der Waals surface area (Å²) in [6.45, 7) is 8.38. The molecule has 6 nitrogen and oxygen atoms in total. The summed E-state index contributed by atoms with van der Waals surface area (Å²) in [5, 5.41) is 3.97. The molecule has 0 aromatic heterocycles. The molecular weight excluding hydrogens is 434 g/mol. The number of hydrogen-bond acceptors (Lipinski definition) is 4. The van der Waals surface area contributed by atoms with Gasteiger partial charge < -0.3 is 5.32 Å². The SMILES string of the molecule is CC1CC(C)CN(Cc2ccc(CNC(=O)CCNS(=O)(=O)/C=C/c3ccccc3)cc2)C1. The minimum absolute atomic E-state index is 0.0545. The van der Waals surface area contributed by atoms with Crippen LogP contribution in [0.5, 0.6) is 0 Å². The maximum absolute atomic E-state index is 12.1. The van der Waals surface area contributed by atoms with Crippen molar-refractivity contribution in [2.45, 2.75) is 39.8 Å². The summed E-state index contributed by atoms with van der Waals surface area (Å²) >= 11 is 0. The van der Waals surface area contributed by atoms with Crippen molar-refractivity contribution < 1.29 is 13.2 Å². The smallest absolute Gasteiger partial charge is 0.233 e. The second-order valence-corrected chi connectivity index (χ2v) is 10.8. The number of sulfonamides is 1. The van der Waals surface area contributed by atoms with E-state index < -0.39 is 10.0 Å². The number of rotatable bonds is 10. The van der Waals surface area contributed by atoms with E-state index in [-0.39, 0.29) is 18.9 Å². The Bertz CT molecular complexity index is 1010. The summed E-state index contributed by atoms with van der Waals surface area (Å²) in [5.41, 5.74) is 3.11. The molecule has 2 aromatic carbocycles. The molecule has 1 aliphatic heterocycles. The number of amides is 1. The van der Waals surface area contributed by atoms with Crippen molar-refractivity contribution in [1.29, 1.82) is 0 Å². The fraction of sp³-hybridized carbons (Fsp3) is 0.423. The van der Waals surface area contributed by atoms with E-state index in [2.05, 4.69) is 40.9 Å². The molecular formula is C26H35N3O3S. The zero-order valence-corrected chi connectivity index (χ0v) is 20.4. The molecule has 2 unspecified atom stereocenters. The first-order valence-electron chi connectivity index (χ1n) is 11.6. The molecule has 0 radical (unpaired) electrons. The maximum Gasteiger partial charge on any atom is 0.233 e. The second-order valence-electron chi connectivity index (χ2n) is 9.14. The quantitative estimate of drug-likeness (QED) is 0.555. The monoisotopic (exact) mass is 469 g/mol. The Kier molecular flexibility index (Phi) is 9.23. The van der Waals surface area contributed by atoms with Crippen molar-refractivity contribution in [3.63, 3.8) is 0 Å². The zero-order valence-electron chi connectivity index (χ0n) is 19.5. The van der Waals surface area contributed by atoms with Crippen LogP contribution in [0.15, 0.2) is 60.0 Å². The van der Waals surface area contributed by atoms with Crippen LogP contribution in [0.2, 0.25) is 0 Å². The van der Waals surface area contributed by atoms with Crippen LogP contribution >= 0.6 is 0 Å². The predicted octanol–water partition coefficient (Wildman–Crippen LogP) is 3.76. The van der Waals surface area contributed by atoms with E-state index in [1.165, 1.54) is 18.1 Å². The van der Waals surface area contributed by atoms with Crippen LogP contribution in [-0.2, 0) is 27.9 Å². The average Bonchev–Trinajstić information content (AvgIpc) is 2.77. The minimum Gasteiger partial charge on any atom is -0.352 e. The van der Waals surface area contributed by atoms with Crippen LogP contribution in [-0.4, -0.2) is 38.9 Å². The maximum atomic E-state index is 12.1. The van der Waals surface area contributed by atoms with Gasteiger partial charge in [-0.1, -0.05) is 68.4 Å². The number of nitrogens with zero attached hydrogens (tertiary/aromatic N) is 1. The molecule has 0 bridgehead atoms. The molecule has 0 saturated carbocycles. The standard InChI is InChI=1S/C26H35N3O3S/c1-21-16-22(2)19-29(18-21)20-25-10-8-24(9-11-25)17-27-26(30)12-14-28-33(31,32)15-13-23-6-4-3-5-7-23/h3-11,13,15,21-22,28H,12,14,16-20H2,1-2H3,(H,27,30)/b15-13+. The van der Waals surface area contributed by atoms with E-state index >= 15 is 0 Å². The Morgan fingerprint density at radius 1 is 1.00 bits per heavy atom. The van der Waals surface area contributed by atoms with Gasteiger partial charge in [0.1, 0.15) is 0 Å². The minimum atomic E-state index is -3.58. The van der Waals surface area contributed by atoms with Crippen molar-refractivity contribution in [2.24, 2.45) is 11.8 Å². The van der Waals surface area contributed by atoms with E-state index in [1.807, 2.05) is 42.5 Å². The first-order chi connectivity index (χ1) is 15.8. The van der Waals surface area contributed by atoms with Crippen molar-refractivity contribution in [3.8, 4) is 0 Å². The Hall–Kier alpha value is -2.48. The van der Waals surface area contributed by atoms with E-state index in [1.54, 1.807) is 0 Å². The number of piperidine rings is 1. The van der Waals surface area contributed by atoms with Crippen LogP contribution in [0.1, 0.15) is 43.4 Å². The molecule has 33 heavy (non-hydrogen) atoms. The molecule has 0 spiro atoms. The number of likely N-dealkylation sites (tertiary alicyclic amines) is 1. The number of nitrogens with one attached hydrogen (secondary N) is 2. The molecule has 1 fully saturated rings. The highest BCUT2D eigenvalue weighted by Crippen LogP contribution is 2.22. The fourth-order valence-electron chi connectivity index (χ4n) is 4.32. The van der Waals surface area contributed by atoms with Crippen molar-refractivity contribution in [1.82, 2.24) is 14.9 Å². The van der Waals surface area contributed by atoms with Gasteiger partial charge in [-0.3, -0.25) is 9.69 Å². The number of hydrogen-bond donors (Lipinski definition) is 2. The largest absolute Gasteiger partial charge is 0.352 e. The lowest BCUT2D eigenvalue weighted by Crippen LogP contribution is -2.38. The van der Waals surface area contributed by atoms with Crippen molar-refractivity contribution in [3.05, 3.63) is 76.7 Å². The zero-order chi connectivity index (χ0) is 23.7. The van der Waals surface area contributed by atoms with E-state index in [9.17, 15) is 13.2 Å². The molecule has 0 aliphatic carbocycles. The highest BCUT2D eigenvalue weighted by molar-refractivity contribution is 7.92. The first-order valence-corrected chi connectivity index (χ1v) is 13.1. The van der Waals surface area contributed by atoms with Gasteiger partial charge in [-0.05, 0) is 41.0 Å². The van der Waals surface area contributed by atoms with Crippen LogP contribution in [0.4, 0.5) is 0 Å². The molecule has 178 valence electrons. The van der Waals surface area contributed by atoms with E-state index in [0.717, 1.165) is 48.0 Å². The van der Waals surface area contributed by atoms with Gasteiger partial charge in [0.15, 0.2) is 0 Å². The molecule has 1 amide bonds. The van der Waals surface area contributed by atoms with Crippen molar-refractivity contribution >= 4 is 22.0 Å². The van der Waals surface area contributed by atoms with Gasteiger partial charge in [-0.2, -0.15) is 0 Å². The Balaban J connectivity index is 1.37. The van der Waals surface area contributed by atoms with E-state index in [4.69, 9.17) is 0 Å². The van der Waals surface area contributed by atoms with Gasteiger partial charge in [0.2, 0.25) is 15.9 Å². The third kappa shape index (κ3) is 9.12. The molecule has 2 aromatic rings. The number of carbonyl (C=O) groups is 1. The third-order valence-corrected chi connectivity index (χ3v) is 6.86. The summed E-state index contributed by atoms with van der Waals surface area (Å²) in [4.78, 5) is 14.6. The van der Waals surface area contributed by atoms with Crippen LogP contribution in [0, 0.1) is 11.8 Å². The topological polar surface area (TPSA) is 78.5 Å². The lowest BCUT2D eigenvalue weighted by Gasteiger charge is -2.35. The normalized spacial score (nSPS) is 19.6. The summed E-state index contributed by atoms with van der Waals surface area (Å²) in [7, 11) is -3.58. The Morgan fingerprint density at radius 2 is 1.64 bits per heavy atom. The van der Waals surface area contributed by atoms with Gasteiger partial charge in [0.05, 0.1) is 0 Å². The molecule has 7 heteroatoms. The predicted molar refractivity (Wildman–Crippen MR) is 134 cm³/mol. The van der Waals surface area contributed by atoms with Gasteiger partial charge in [-0.15, -0.1) is 0 Å². The lowest BCUT2D eigenvalue weighted by molar-refractivity contribution is -0.121. The van der Waals surface area contributed by atoms with Gasteiger partial charge in [0.25, 0.3) is 0 Å². The van der Waals surface area contributed by atoms with Gasteiger partial charge >= 0.3 is 0 Å². The van der Waals surface area contributed by atoms with Crippen LogP contribution in [0.25, 0.3) is 6.08 Å². The summed E-state index contributed by atoms with van der Waals surface area (Å²) in [6.07, 6.45) is 2.92. The van der Waals surface area contributed by atoms with Gasteiger partial charge in [-0.25, -0.2) is 13.1 Å². The number of carbonyl (C=O) groups excluding carboxylic acids is 1. The van der Waals surface area contributed by atoms with Crippen LogP contribution in [0.3, 0.4) is 0 Å². The van der Waals surface area contributed by atoms with E-state index in [0.29, 0.717) is 6.54 Å². The highest BCUT2D eigenvalue weighted by atomic mass is 32.2. The Morgan fingerprint density at radius 3 is 2.30 bits per heavy atom. The highest BCUT2D eigenvalue weighted by Gasteiger charge is 2.21. The number of benzene rings is 2. The summed E-state index contributed by atoms with van der Waals surface area (Å²) in [6, 6.07) is 17.5. The molecule has 2 N–H and O–H groups in total. The average molecular weight is 470 g/mol. The second kappa shape index (κ2) is 12.1. The lowest BCUT2D eigenvalue weighted by atomic mass is 9.91. The molecule has 1 heterocycles. The third-order valence-electron chi connectivity index (χ3n) is 5.76. The fourth-order valence-corrected chi connectivity index (χ4v) is 5.14. The first kappa shape index (κ1) is 25.1. The summed E-state index contributed by atoms with van der Waals surface area (Å²) < 4.78 is 26.5. The molecule has 1 aliphatic rings. The molecule has 3 rings (SSSR count).